The highest BCUT2D eigenvalue weighted by molar-refractivity contribution is 14.0. The molecule has 1 aliphatic heterocycles. The fraction of sp³-hybridized carbons (Fsp3) is 0.647. The number of halogens is 1. The molecule has 2 rings (SSSR count). The molecule has 0 saturated carbocycles. The fourth-order valence-corrected chi connectivity index (χ4v) is 3.82. The van der Waals surface area contributed by atoms with E-state index in [0.29, 0.717) is 0 Å². The van der Waals surface area contributed by atoms with E-state index in [4.69, 9.17) is 5.73 Å². The van der Waals surface area contributed by atoms with Gasteiger partial charge < -0.3 is 21.3 Å². The Morgan fingerprint density at radius 2 is 2.28 bits per heavy atom. The minimum Gasteiger partial charge on any atom is -0.369 e. The van der Waals surface area contributed by atoms with Gasteiger partial charge in [-0.15, -0.1) is 35.3 Å². The van der Waals surface area contributed by atoms with E-state index < -0.39 is 0 Å². The van der Waals surface area contributed by atoms with Crippen molar-refractivity contribution in [2.45, 2.75) is 32.7 Å². The Bertz CT molecular complexity index is 563. The number of aryl methyl sites for hydroxylation is 1. The number of hydrogen-bond acceptors (Lipinski definition) is 4. The number of likely N-dealkylation sites (tertiary alicyclic amines) is 1. The van der Waals surface area contributed by atoms with Crippen LogP contribution in [-0.2, 0) is 11.3 Å². The molecule has 6 nitrogen and oxygen atoms in total. The second-order valence-corrected chi connectivity index (χ2v) is 7.28. The van der Waals surface area contributed by atoms with Crippen LogP contribution in [0, 0.1) is 12.8 Å². The zero-order chi connectivity index (χ0) is 17.4. The Kier molecular flexibility index (Phi) is 10.4. The molecule has 1 atom stereocenters. The maximum absolute atomic E-state index is 11.3. The third kappa shape index (κ3) is 7.49. The molecule has 1 unspecified atom stereocenters. The molecular formula is C17H30IN5OS. The Hall–Kier alpha value is -0.870. The van der Waals surface area contributed by atoms with Crippen LogP contribution in [0.4, 0.5) is 0 Å². The SMILES string of the molecule is CN=C(NCCCN1CCCC(C(N)=O)C1)NCc1sccc1C.I. The van der Waals surface area contributed by atoms with Crippen LogP contribution in [0.25, 0.3) is 0 Å². The second-order valence-electron chi connectivity index (χ2n) is 6.28. The van der Waals surface area contributed by atoms with Crippen LogP contribution >= 0.6 is 35.3 Å². The molecule has 1 fully saturated rings. The van der Waals surface area contributed by atoms with Crippen LogP contribution in [0.2, 0.25) is 0 Å². The summed E-state index contributed by atoms with van der Waals surface area (Å²) in [4.78, 5) is 19.2. The first-order valence-corrected chi connectivity index (χ1v) is 9.47. The van der Waals surface area contributed by atoms with Gasteiger partial charge in [-0.3, -0.25) is 9.79 Å². The van der Waals surface area contributed by atoms with Crippen LogP contribution in [0.1, 0.15) is 29.7 Å². The molecule has 1 aromatic rings. The van der Waals surface area contributed by atoms with Gasteiger partial charge in [0, 0.05) is 25.0 Å². The second kappa shape index (κ2) is 11.7. The van der Waals surface area contributed by atoms with Crippen LogP contribution in [0.15, 0.2) is 16.4 Å². The third-order valence-electron chi connectivity index (χ3n) is 4.46. The largest absolute Gasteiger partial charge is 0.369 e. The van der Waals surface area contributed by atoms with E-state index in [-0.39, 0.29) is 35.8 Å². The first-order chi connectivity index (χ1) is 11.6. The summed E-state index contributed by atoms with van der Waals surface area (Å²) in [5, 5.41) is 8.81. The number of carbonyl (C=O) groups is 1. The monoisotopic (exact) mass is 479 g/mol. The van der Waals surface area contributed by atoms with Crippen molar-refractivity contribution in [1.82, 2.24) is 15.5 Å². The zero-order valence-corrected chi connectivity index (χ0v) is 18.2. The lowest BCUT2D eigenvalue weighted by Crippen LogP contribution is -2.42. The van der Waals surface area contributed by atoms with Gasteiger partial charge in [-0.2, -0.15) is 0 Å². The summed E-state index contributed by atoms with van der Waals surface area (Å²) < 4.78 is 0. The summed E-state index contributed by atoms with van der Waals surface area (Å²) in [5.41, 5.74) is 6.74. The minimum atomic E-state index is -0.161. The number of amides is 1. The van der Waals surface area contributed by atoms with E-state index in [9.17, 15) is 4.79 Å². The highest BCUT2D eigenvalue weighted by Gasteiger charge is 2.23. The molecule has 0 aliphatic carbocycles. The molecular weight excluding hydrogens is 449 g/mol. The maximum atomic E-state index is 11.3. The van der Waals surface area contributed by atoms with Crippen molar-refractivity contribution in [3.8, 4) is 0 Å². The number of nitrogens with two attached hydrogens (primary N) is 1. The number of guanidine groups is 1. The average molecular weight is 479 g/mol. The number of thiophene rings is 1. The van der Waals surface area contributed by atoms with Crippen molar-refractivity contribution in [3.05, 3.63) is 21.9 Å². The van der Waals surface area contributed by atoms with Gasteiger partial charge in [-0.05, 0) is 56.3 Å². The Labute approximate surface area is 171 Å². The number of hydrogen-bond donors (Lipinski definition) is 3. The minimum absolute atomic E-state index is 0. The number of nitrogens with one attached hydrogen (secondary N) is 2. The van der Waals surface area contributed by atoms with Crippen molar-refractivity contribution < 1.29 is 4.79 Å². The molecule has 4 N–H and O–H groups in total. The lowest BCUT2D eigenvalue weighted by atomic mass is 9.97. The highest BCUT2D eigenvalue weighted by atomic mass is 127. The summed E-state index contributed by atoms with van der Waals surface area (Å²) in [7, 11) is 1.79. The van der Waals surface area contributed by atoms with E-state index in [2.05, 4.69) is 38.9 Å². The predicted molar refractivity (Wildman–Crippen MR) is 116 cm³/mol. The summed E-state index contributed by atoms with van der Waals surface area (Å²) in [6.07, 6.45) is 3.01. The molecule has 25 heavy (non-hydrogen) atoms. The molecule has 0 aromatic carbocycles. The number of piperidine rings is 1. The van der Waals surface area contributed by atoms with Crippen molar-refractivity contribution in [2.24, 2.45) is 16.6 Å². The van der Waals surface area contributed by atoms with E-state index in [1.165, 1.54) is 10.4 Å². The third-order valence-corrected chi connectivity index (χ3v) is 5.48. The zero-order valence-electron chi connectivity index (χ0n) is 15.1. The molecule has 1 saturated heterocycles. The lowest BCUT2D eigenvalue weighted by molar-refractivity contribution is -0.123. The van der Waals surface area contributed by atoms with Gasteiger partial charge in [-0.25, -0.2) is 0 Å². The van der Waals surface area contributed by atoms with Crippen LogP contribution in [0.3, 0.4) is 0 Å². The van der Waals surface area contributed by atoms with Gasteiger partial charge in [0.1, 0.15) is 0 Å². The normalized spacial score (nSPS) is 18.5. The fourth-order valence-electron chi connectivity index (χ4n) is 2.97. The first kappa shape index (κ1) is 22.2. The number of primary amides is 1. The molecule has 0 bridgehead atoms. The van der Waals surface area contributed by atoms with Crippen molar-refractivity contribution in [1.29, 1.82) is 0 Å². The highest BCUT2D eigenvalue weighted by Crippen LogP contribution is 2.16. The number of rotatable bonds is 7. The van der Waals surface area contributed by atoms with Crippen LogP contribution in [0.5, 0.6) is 0 Å². The van der Waals surface area contributed by atoms with Gasteiger partial charge >= 0.3 is 0 Å². The summed E-state index contributed by atoms with van der Waals surface area (Å²) in [6.45, 7) is 6.64. The van der Waals surface area contributed by atoms with Crippen molar-refractivity contribution in [3.63, 3.8) is 0 Å². The number of aliphatic imine (C=N–C) groups is 1. The molecule has 8 heteroatoms. The Morgan fingerprint density at radius 1 is 1.48 bits per heavy atom. The van der Waals surface area contributed by atoms with Gasteiger partial charge in [0.05, 0.1) is 12.5 Å². The molecule has 1 amide bonds. The molecule has 2 heterocycles. The quantitative estimate of drug-likeness (QED) is 0.242. The summed E-state index contributed by atoms with van der Waals surface area (Å²) in [6, 6.07) is 2.13. The standard InChI is InChI=1S/C17H29N5OS.HI/c1-13-6-10-24-15(13)11-21-17(19-2)20-7-4-9-22-8-3-5-14(12-22)16(18)23;/h6,10,14H,3-5,7-9,11-12H2,1-2H3,(H2,18,23)(H2,19,20,21);1H. The van der Waals surface area contributed by atoms with E-state index in [0.717, 1.165) is 57.9 Å². The summed E-state index contributed by atoms with van der Waals surface area (Å²) in [5.74, 6) is 0.693. The van der Waals surface area contributed by atoms with Crippen molar-refractivity contribution in [2.75, 3.05) is 33.2 Å². The molecule has 1 aliphatic rings. The number of carbonyl (C=O) groups excluding carboxylic acids is 1. The summed E-state index contributed by atoms with van der Waals surface area (Å²) >= 11 is 1.76. The smallest absolute Gasteiger partial charge is 0.221 e. The van der Waals surface area contributed by atoms with E-state index >= 15 is 0 Å². The topological polar surface area (TPSA) is 82.8 Å². The molecule has 142 valence electrons. The van der Waals surface area contributed by atoms with Crippen molar-refractivity contribution >= 4 is 47.2 Å². The van der Waals surface area contributed by atoms with E-state index in [1.54, 1.807) is 18.4 Å². The molecule has 0 radical (unpaired) electrons. The molecule has 1 aromatic heterocycles. The predicted octanol–water partition coefficient (Wildman–Crippen LogP) is 1.93. The van der Waals surface area contributed by atoms with E-state index in [1.807, 2.05) is 0 Å². The van der Waals surface area contributed by atoms with Gasteiger partial charge in [0.2, 0.25) is 5.91 Å². The Balaban J connectivity index is 0.00000312. The van der Waals surface area contributed by atoms with Gasteiger partial charge in [-0.1, -0.05) is 0 Å². The maximum Gasteiger partial charge on any atom is 0.221 e. The lowest BCUT2D eigenvalue weighted by Gasteiger charge is -2.31. The van der Waals surface area contributed by atoms with Gasteiger partial charge in [0.15, 0.2) is 5.96 Å². The average Bonchev–Trinajstić information content (AvgIpc) is 2.99. The first-order valence-electron chi connectivity index (χ1n) is 8.59. The van der Waals surface area contributed by atoms with Gasteiger partial charge in [0.25, 0.3) is 0 Å². The molecule has 0 spiro atoms. The Morgan fingerprint density at radius 3 is 2.92 bits per heavy atom. The van der Waals surface area contributed by atoms with Crippen LogP contribution < -0.4 is 16.4 Å². The number of nitrogens with zero attached hydrogens (tertiary/aromatic N) is 2. The van der Waals surface area contributed by atoms with Crippen LogP contribution in [-0.4, -0.2) is 50.0 Å².